The van der Waals surface area contributed by atoms with E-state index in [1.807, 2.05) is 31.3 Å². The van der Waals surface area contributed by atoms with Crippen LogP contribution in [0.15, 0.2) is 47.6 Å². The van der Waals surface area contributed by atoms with Gasteiger partial charge in [-0.3, -0.25) is 0 Å². The molecule has 0 atom stereocenters. The molecule has 7 nitrogen and oxygen atoms in total. The summed E-state index contributed by atoms with van der Waals surface area (Å²) in [6.45, 7) is 11.3. The van der Waals surface area contributed by atoms with Crippen LogP contribution in [0.1, 0.15) is 25.8 Å². The van der Waals surface area contributed by atoms with E-state index in [2.05, 4.69) is 38.4 Å². The summed E-state index contributed by atoms with van der Waals surface area (Å²) in [5, 5.41) is 6.64. The molecule has 1 fully saturated rings. The van der Waals surface area contributed by atoms with E-state index in [1.165, 1.54) is 12.1 Å². The Labute approximate surface area is 213 Å². The first-order valence-electron chi connectivity index (χ1n) is 11.5. The van der Waals surface area contributed by atoms with Gasteiger partial charge in [0, 0.05) is 64.4 Å². The number of rotatable bonds is 10. The Bertz CT molecular complexity index is 843. The van der Waals surface area contributed by atoms with Gasteiger partial charge >= 0.3 is 0 Å². The van der Waals surface area contributed by atoms with Crippen molar-refractivity contribution in [2.75, 3.05) is 62.3 Å². The fourth-order valence-electron chi connectivity index (χ4n) is 3.61. The van der Waals surface area contributed by atoms with Gasteiger partial charge in [-0.05, 0) is 62.2 Å². The van der Waals surface area contributed by atoms with Crippen molar-refractivity contribution < 1.29 is 9.13 Å². The van der Waals surface area contributed by atoms with Crippen LogP contribution in [0.4, 0.5) is 15.9 Å². The molecule has 0 amide bonds. The maximum absolute atomic E-state index is 13.2. The average Bonchev–Trinajstić information content (AvgIpc) is 2.83. The van der Waals surface area contributed by atoms with Gasteiger partial charge in [0.25, 0.3) is 0 Å². The highest BCUT2D eigenvalue weighted by Crippen LogP contribution is 2.20. The molecule has 0 radical (unpaired) electrons. The lowest BCUT2D eigenvalue weighted by atomic mass is 10.2. The van der Waals surface area contributed by atoms with E-state index in [1.54, 1.807) is 0 Å². The summed E-state index contributed by atoms with van der Waals surface area (Å²) in [6.07, 6.45) is 2.80. The quantitative estimate of drug-likeness (QED) is 0.197. The van der Waals surface area contributed by atoms with E-state index < -0.39 is 0 Å². The van der Waals surface area contributed by atoms with Crippen LogP contribution in [-0.4, -0.2) is 63.4 Å². The molecule has 0 unspecified atom stereocenters. The largest absolute Gasteiger partial charge is 0.382 e. The Balaban J connectivity index is 0.00000385. The van der Waals surface area contributed by atoms with E-state index >= 15 is 0 Å². The van der Waals surface area contributed by atoms with Crippen molar-refractivity contribution in [3.63, 3.8) is 0 Å². The highest BCUT2D eigenvalue weighted by molar-refractivity contribution is 14.0. The van der Waals surface area contributed by atoms with Gasteiger partial charge in [0.2, 0.25) is 0 Å². The van der Waals surface area contributed by atoms with Gasteiger partial charge in [-0.15, -0.1) is 24.0 Å². The topological polar surface area (TPSA) is 65.0 Å². The van der Waals surface area contributed by atoms with Crippen LogP contribution >= 0.6 is 24.0 Å². The van der Waals surface area contributed by atoms with Gasteiger partial charge in [0.1, 0.15) is 11.6 Å². The number of halogens is 2. The molecule has 1 saturated heterocycles. The molecule has 0 aliphatic carbocycles. The van der Waals surface area contributed by atoms with Gasteiger partial charge in [-0.25, -0.2) is 14.4 Å². The molecule has 1 aromatic heterocycles. The fraction of sp³-hybridized carbons (Fsp3) is 0.500. The number of nitrogens with one attached hydrogen (secondary N) is 2. The highest BCUT2D eigenvalue weighted by Gasteiger charge is 2.18. The smallest absolute Gasteiger partial charge is 0.191 e. The third kappa shape index (κ3) is 8.96. The molecule has 0 saturated carbocycles. The van der Waals surface area contributed by atoms with E-state index in [9.17, 15) is 4.39 Å². The number of hydrogen-bond acceptors (Lipinski definition) is 5. The number of nitrogens with zero attached hydrogens (tertiary/aromatic N) is 4. The number of piperazine rings is 1. The summed E-state index contributed by atoms with van der Waals surface area (Å²) in [5.74, 6) is 1.59. The number of guanidine groups is 1. The average molecular weight is 570 g/mol. The van der Waals surface area contributed by atoms with Crippen LogP contribution in [0.25, 0.3) is 0 Å². The second kappa shape index (κ2) is 14.9. The summed E-state index contributed by atoms with van der Waals surface area (Å²) >= 11 is 0. The molecular weight excluding hydrogens is 534 g/mol. The van der Waals surface area contributed by atoms with Crippen molar-refractivity contribution in [2.45, 2.75) is 26.8 Å². The van der Waals surface area contributed by atoms with Crippen molar-refractivity contribution in [1.29, 1.82) is 0 Å². The Hall–Kier alpha value is -2.14. The van der Waals surface area contributed by atoms with Crippen LogP contribution in [0.2, 0.25) is 0 Å². The van der Waals surface area contributed by atoms with E-state index in [0.29, 0.717) is 6.54 Å². The number of ether oxygens (including phenoxy) is 1. The standard InChI is InChI=1S/C24H35FN6O.HI/c1-3-26-24(28-11-5-17-32-4-2)29-19-20-10-12-27-23(18-20)31-15-13-30(14-16-31)22-8-6-21(25)7-9-22;/h6-10,12,18H,3-5,11,13-17,19H2,1-2H3,(H2,26,28,29);1H. The molecule has 33 heavy (non-hydrogen) atoms. The number of pyridine rings is 1. The molecule has 3 rings (SSSR count). The molecule has 0 spiro atoms. The van der Waals surface area contributed by atoms with Crippen LogP contribution in [0, 0.1) is 5.82 Å². The van der Waals surface area contributed by atoms with Gasteiger partial charge in [-0.2, -0.15) is 0 Å². The lowest BCUT2D eigenvalue weighted by molar-refractivity contribution is 0.145. The van der Waals surface area contributed by atoms with Crippen LogP contribution in [-0.2, 0) is 11.3 Å². The molecule has 2 heterocycles. The first-order chi connectivity index (χ1) is 15.7. The van der Waals surface area contributed by atoms with E-state index in [4.69, 9.17) is 9.73 Å². The van der Waals surface area contributed by atoms with E-state index in [0.717, 1.165) is 81.9 Å². The van der Waals surface area contributed by atoms with Crippen molar-refractivity contribution in [1.82, 2.24) is 15.6 Å². The maximum Gasteiger partial charge on any atom is 0.191 e. The van der Waals surface area contributed by atoms with Crippen molar-refractivity contribution >= 4 is 41.4 Å². The minimum absolute atomic E-state index is 0. The maximum atomic E-state index is 13.2. The Morgan fingerprint density at radius 2 is 1.79 bits per heavy atom. The third-order valence-electron chi connectivity index (χ3n) is 5.33. The molecule has 1 aliphatic rings. The first-order valence-corrected chi connectivity index (χ1v) is 11.5. The summed E-state index contributed by atoms with van der Waals surface area (Å²) in [6, 6.07) is 10.9. The number of hydrogen-bond donors (Lipinski definition) is 2. The predicted molar refractivity (Wildman–Crippen MR) is 144 cm³/mol. The summed E-state index contributed by atoms with van der Waals surface area (Å²) in [7, 11) is 0. The molecule has 2 N–H and O–H groups in total. The third-order valence-corrected chi connectivity index (χ3v) is 5.33. The van der Waals surface area contributed by atoms with Crippen molar-refractivity contribution in [2.24, 2.45) is 4.99 Å². The first kappa shape index (κ1) is 27.1. The zero-order chi connectivity index (χ0) is 22.6. The molecule has 2 aromatic rings. The molecular formula is C24H36FIN6O. The second-order valence-electron chi connectivity index (χ2n) is 7.65. The molecule has 182 valence electrons. The van der Waals surface area contributed by atoms with E-state index in [-0.39, 0.29) is 29.8 Å². The van der Waals surface area contributed by atoms with Gasteiger partial charge < -0.3 is 25.2 Å². The molecule has 9 heteroatoms. The Morgan fingerprint density at radius 3 is 2.48 bits per heavy atom. The SMILES string of the molecule is CCNC(=NCc1ccnc(N2CCN(c3ccc(F)cc3)CC2)c1)NCCCOCC.I. The number of benzene rings is 1. The lowest BCUT2D eigenvalue weighted by Gasteiger charge is -2.36. The molecule has 1 aromatic carbocycles. The summed E-state index contributed by atoms with van der Waals surface area (Å²) < 4.78 is 18.6. The number of aliphatic imine (C=N–C) groups is 1. The van der Waals surface area contributed by atoms with Gasteiger partial charge in [0.15, 0.2) is 5.96 Å². The Morgan fingerprint density at radius 1 is 1.06 bits per heavy atom. The molecule has 1 aliphatic heterocycles. The normalized spacial score (nSPS) is 14.1. The zero-order valence-electron chi connectivity index (χ0n) is 19.6. The van der Waals surface area contributed by atoms with Crippen molar-refractivity contribution in [3.8, 4) is 0 Å². The Kier molecular flexibility index (Phi) is 12.2. The molecule has 0 bridgehead atoms. The minimum Gasteiger partial charge on any atom is -0.382 e. The van der Waals surface area contributed by atoms with Crippen LogP contribution in [0.5, 0.6) is 0 Å². The fourth-order valence-corrected chi connectivity index (χ4v) is 3.61. The van der Waals surface area contributed by atoms with Gasteiger partial charge in [-0.1, -0.05) is 0 Å². The second-order valence-corrected chi connectivity index (χ2v) is 7.65. The highest BCUT2D eigenvalue weighted by atomic mass is 127. The number of aromatic nitrogens is 1. The summed E-state index contributed by atoms with van der Waals surface area (Å²) in [4.78, 5) is 13.9. The monoisotopic (exact) mass is 570 g/mol. The minimum atomic E-state index is -0.200. The van der Waals surface area contributed by atoms with Crippen LogP contribution in [0.3, 0.4) is 0 Å². The summed E-state index contributed by atoms with van der Waals surface area (Å²) in [5.41, 5.74) is 2.19. The van der Waals surface area contributed by atoms with Crippen molar-refractivity contribution in [3.05, 3.63) is 54.0 Å². The zero-order valence-corrected chi connectivity index (χ0v) is 21.9. The van der Waals surface area contributed by atoms with Crippen LogP contribution < -0.4 is 20.4 Å². The predicted octanol–water partition coefficient (Wildman–Crippen LogP) is 3.65. The number of anilines is 2. The van der Waals surface area contributed by atoms with Gasteiger partial charge in [0.05, 0.1) is 6.54 Å². The lowest BCUT2D eigenvalue weighted by Crippen LogP contribution is -2.46.